The largest absolute Gasteiger partial charge is 0.497 e. The fourth-order valence-corrected chi connectivity index (χ4v) is 2.17. The molecule has 0 heterocycles. The van der Waals surface area contributed by atoms with Crippen molar-refractivity contribution >= 4 is 5.78 Å². The minimum Gasteiger partial charge on any atom is -0.497 e. The molecule has 1 aromatic carbocycles. The zero-order valence-corrected chi connectivity index (χ0v) is 9.95. The number of ketones is 1. The van der Waals surface area contributed by atoms with Gasteiger partial charge < -0.3 is 4.74 Å². The SMILES string of the molecule is COc1cccc(CCC2(C)CCC2=O)c1. The summed E-state index contributed by atoms with van der Waals surface area (Å²) in [5.74, 6) is 1.32. The van der Waals surface area contributed by atoms with Crippen molar-refractivity contribution < 1.29 is 9.53 Å². The average molecular weight is 218 g/mol. The number of hydrogen-bond acceptors (Lipinski definition) is 2. The van der Waals surface area contributed by atoms with E-state index in [1.165, 1.54) is 5.56 Å². The maximum atomic E-state index is 11.5. The molecule has 0 amide bonds. The molecule has 1 saturated carbocycles. The second-order valence-corrected chi connectivity index (χ2v) is 4.84. The average Bonchev–Trinajstić information content (AvgIpc) is 2.34. The number of benzene rings is 1. The Morgan fingerprint density at radius 1 is 1.44 bits per heavy atom. The lowest BCUT2D eigenvalue weighted by Crippen LogP contribution is -2.38. The molecule has 0 N–H and O–H groups in total. The third-order valence-electron chi connectivity index (χ3n) is 3.68. The van der Waals surface area contributed by atoms with Crippen LogP contribution in [0, 0.1) is 5.41 Å². The molecule has 2 nitrogen and oxygen atoms in total. The van der Waals surface area contributed by atoms with E-state index in [1.807, 2.05) is 18.2 Å². The van der Waals surface area contributed by atoms with E-state index in [2.05, 4.69) is 13.0 Å². The van der Waals surface area contributed by atoms with E-state index in [1.54, 1.807) is 7.11 Å². The third-order valence-corrected chi connectivity index (χ3v) is 3.68. The Morgan fingerprint density at radius 3 is 2.81 bits per heavy atom. The summed E-state index contributed by atoms with van der Waals surface area (Å²) in [6, 6.07) is 8.08. The fourth-order valence-electron chi connectivity index (χ4n) is 2.17. The Hall–Kier alpha value is -1.31. The van der Waals surface area contributed by atoms with E-state index in [0.29, 0.717) is 5.78 Å². The van der Waals surface area contributed by atoms with Gasteiger partial charge in [0.2, 0.25) is 0 Å². The van der Waals surface area contributed by atoms with Crippen LogP contribution in [0.4, 0.5) is 0 Å². The lowest BCUT2D eigenvalue weighted by molar-refractivity contribution is -0.137. The Labute approximate surface area is 96.6 Å². The predicted molar refractivity (Wildman–Crippen MR) is 63.7 cm³/mol. The molecule has 1 aliphatic carbocycles. The van der Waals surface area contributed by atoms with Crippen LogP contribution in [0.5, 0.6) is 5.75 Å². The summed E-state index contributed by atoms with van der Waals surface area (Å²) in [7, 11) is 1.68. The highest BCUT2D eigenvalue weighted by atomic mass is 16.5. The van der Waals surface area contributed by atoms with Crippen molar-refractivity contribution in [3.63, 3.8) is 0 Å². The van der Waals surface area contributed by atoms with E-state index in [4.69, 9.17) is 4.74 Å². The molecule has 2 heteroatoms. The van der Waals surface area contributed by atoms with Crippen LogP contribution in [-0.2, 0) is 11.2 Å². The van der Waals surface area contributed by atoms with E-state index in [-0.39, 0.29) is 5.41 Å². The van der Waals surface area contributed by atoms with Gasteiger partial charge in [0.1, 0.15) is 11.5 Å². The first-order chi connectivity index (χ1) is 7.64. The summed E-state index contributed by atoms with van der Waals surface area (Å²) >= 11 is 0. The van der Waals surface area contributed by atoms with Crippen molar-refractivity contribution in [2.45, 2.75) is 32.6 Å². The second kappa shape index (κ2) is 4.28. The molecule has 16 heavy (non-hydrogen) atoms. The number of Topliss-reactive ketones (excluding diaryl/α,β-unsaturated/α-hetero) is 1. The monoisotopic (exact) mass is 218 g/mol. The van der Waals surface area contributed by atoms with Gasteiger partial charge in [-0.3, -0.25) is 4.79 Å². The molecule has 0 radical (unpaired) electrons. The van der Waals surface area contributed by atoms with Crippen LogP contribution in [0.3, 0.4) is 0 Å². The van der Waals surface area contributed by atoms with Crippen molar-refractivity contribution in [2.24, 2.45) is 5.41 Å². The first-order valence-electron chi connectivity index (χ1n) is 5.80. The topological polar surface area (TPSA) is 26.3 Å². The van der Waals surface area contributed by atoms with Gasteiger partial charge in [0.05, 0.1) is 7.11 Å². The number of hydrogen-bond donors (Lipinski definition) is 0. The molecular formula is C14H18O2. The van der Waals surface area contributed by atoms with Crippen molar-refractivity contribution in [1.82, 2.24) is 0 Å². The maximum Gasteiger partial charge on any atom is 0.138 e. The lowest BCUT2D eigenvalue weighted by atomic mass is 9.66. The Kier molecular flexibility index (Phi) is 2.99. The molecule has 1 aliphatic rings. The van der Waals surface area contributed by atoms with Gasteiger partial charge in [0.25, 0.3) is 0 Å². The molecule has 1 unspecified atom stereocenters. The Balaban J connectivity index is 1.96. The maximum absolute atomic E-state index is 11.5. The van der Waals surface area contributed by atoms with Crippen LogP contribution < -0.4 is 4.74 Å². The van der Waals surface area contributed by atoms with Crippen LogP contribution in [0.15, 0.2) is 24.3 Å². The van der Waals surface area contributed by atoms with Crippen LogP contribution in [0.1, 0.15) is 31.7 Å². The highest BCUT2D eigenvalue weighted by Gasteiger charge is 2.40. The van der Waals surface area contributed by atoms with Crippen molar-refractivity contribution in [3.8, 4) is 5.75 Å². The van der Waals surface area contributed by atoms with Gasteiger partial charge in [-0.15, -0.1) is 0 Å². The Morgan fingerprint density at radius 2 is 2.25 bits per heavy atom. The number of ether oxygens (including phenoxy) is 1. The standard InChI is InChI=1S/C14H18O2/c1-14(9-7-13(14)15)8-6-11-4-3-5-12(10-11)16-2/h3-5,10H,6-9H2,1-2H3. The normalized spacial score (nSPS) is 24.0. The van der Waals surface area contributed by atoms with Crippen LogP contribution in [0.2, 0.25) is 0 Å². The highest BCUT2D eigenvalue weighted by Crippen LogP contribution is 2.40. The molecule has 1 atom stereocenters. The second-order valence-electron chi connectivity index (χ2n) is 4.84. The van der Waals surface area contributed by atoms with Gasteiger partial charge in [0, 0.05) is 11.8 Å². The molecule has 1 fully saturated rings. The number of methoxy groups -OCH3 is 1. The van der Waals surface area contributed by atoms with Gasteiger partial charge in [-0.25, -0.2) is 0 Å². The lowest BCUT2D eigenvalue weighted by Gasteiger charge is -2.36. The fraction of sp³-hybridized carbons (Fsp3) is 0.500. The van der Waals surface area contributed by atoms with Gasteiger partial charge in [-0.1, -0.05) is 19.1 Å². The first kappa shape index (κ1) is 11.2. The first-order valence-corrected chi connectivity index (χ1v) is 5.80. The molecule has 86 valence electrons. The molecule has 1 aromatic rings. The van der Waals surface area contributed by atoms with Crippen molar-refractivity contribution in [3.05, 3.63) is 29.8 Å². The molecule has 2 rings (SSSR count). The van der Waals surface area contributed by atoms with E-state index in [0.717, 1.165) is 31.4 Å². The van der Waals surface area contributed by atoms with E-state index >= 15 is 0 Å². The summed E-state index contributed by atoms with van der Waals surface area (Å²) in [5, 5.41) is 0. The summed E-state index contributed by atoms with van der Waals surface area (Å²) < 4.78 is 5.18. The molecular weight excluding hydrogens is 200 g/mol. The van der Waals surface area contributed by atoms with Gasteiger partial charge >= 0.3 is 0 Å². The minimum atomic E-state index is -0.0525. The van der Waals surface area contributed by atoms with Crippen LogP contribution >= 0.6 is 0 Å². The number of carbonyl (C=O) groups excluding carboxylic acids is 1. The number of carbonyl (C=O) groups is 1. The molecule has 0 aliphatic heterocycles. The summed E-state index contributed by atoms with van der Waals surface area (Å²) in [5.41, 5.74) is 1.20. The van der Waals surface area contributed by atoms with Crippen LogP contribution in [0.25, 0.3) is 0 Å². The predicted octanol–water partition coefficient (Wildman–Crippen LogP) is 3.00. The van der Waals surface area contributed by atoms with Crippen molar-refractivity contribution in [1.29, 1.82) is 0 Å². The molecule has 0 aromatic heterocycles. The van der Waals surface area contributed by atoms with Crippen molar-refractivity contribution in [2.75, 3.05) is 7.11 Å². The molecule has 0 bridgehead atoms. The zero-order chi connectivity index (χ0) is 11.6. The smallest absolute Gasteiger partial charge is 0.138 e. The summed E-state index contributed by atoms with van der Waals surface area (Å²) in [6.45, 7) is 2.08. The summed E-state index contributed by atoms with van der Waals surface area (Å²) in [4.78, 5) is 11.5. The third kappa shape index (κ3) is 2.11. The number of aryl methyl sites for hydroxylation is 1. The summed E-state index contributed by atoms with van der Waals surface area (Å²) in [6.07, 6.45) is 3.74. The molecule has 0 saturated heterocycles. The van der Waals surface area contributed by atoms with Crippen LogP contribution in [-0.4, -0.2) is 12.9 Å². The number of rotatable bonds is 4. The van der Waals surface area contributed by atoms with E-state index in [9.17, 15) is 4.79 Å². The quantitative estimate of drug-likeness (QED) is 0.776. The van der Waals surface area contributed by atoms with Gasteiger partial charge in [-0.05, 0) is 37.0 Å². The van der Waals surface area contributed by atoms with Gasteiger partial charge in [-0.2, -0.15) is 0 Å². The molecule has 0 spiro atoms. The highest BCUT2D eigenvalue weighted by molar-refractivity contribution is 5.89. The minimum absolute atomic E-state index is 0.0525. The Bertz CT molecular complexity index is 397. The van der Waals surface area contributed by atoms with E-state index < -0.39 is 0 Å². The van der Waals surface area contributed by atoms with Gasteiger partial charge in [0.15, 0.2) is 0 Å². The zero-order valence-electron chi connectivity index (χ0n) is 9.95.